The molecule has 0 aromatic heterocycles. The molecule has 0 aliphatic carbocycles. The van der Waals surface area contributed by atoms with Crippen molar-refractivity contribution in [1.82, 2.24) is 10.2 Å². The zero-order valence-corrected chi connectivity index (χ0v) is 13.4. The Bertz CT molecular complexity index is 741. The number of rotatable bonds is 4. The summed E-state index contributed by atoms with van der Waals surface area (Å²) in [5, 5.41) is 6.35. The number of aliphatic imine (C=N–C) groups is 1. The van der Waals surface area contributed by atoms with Crippen LogP contribution in [-0.2, 0) is 6.54 Å². The molecular weight excluding hydrogens is 307 g/mol. The molecule has 0 bridgehead atoms. The number of nitrogens with one attached hydrogen (secondary N) is 2. The van der Waals surface area contributed by atoms with Gasteiger partial charge in [-0.1, -0.05) is 12.1 Å². The van der Waals surface area contributed by atoms with Crippen LogP contribution in [-0.4, -0.2) is 36.9 Å². The van der Waals surface area contributed by atoms with Gasteiger partial charge in [-0.3, -0.25) is 9.79 Å². The van der Waals surface area contributed by atoms with Crippen molar-refractivity contribution in [3.05, 3.63) is 65.5 Å². The average molecular weight is 326 g/mol. The second-order valence-electron chi connectivity index (χ2n) is 5.65. The third-order valence-corrected chi connectivity index (χ3v) is 3.75. The van der Waals surface area contributed by atoms with Gasteiger partial charge in [-0.25, -0.2) is 4.39 Å². The Hall–Kier alpha value is -2.89. The Labute approximate surface area is 140 Å². The van der Waals surface area contributed by atoms with E-state index in [1.807, 2.05) is 24.3 Å². The molecular formula is C18H19FN4O. The van der Waals surface area contributed by atoms with Gasteiger partial charge in [0.2, 0.25) is 0 Å². The Kier molecular flexibility index (Phi) is 4.74. The van der Waals surface area contributed by atoms with Gasteiger partial charge in [0.15, 0.2) is 5.96 Å². The SMILES string of the molecule is CN(Cc1ccc(NC2=NCCN2)cc1)C(=O)c1ccc(F)cc1. The lowest BCUT2D eigenvalue weighted by atomic mass is 10.1. The summed E-state index contributed by atoms with van der Waals surface area (Å²) < 4.78 is 12.9. The van der Waals surface area contributed by atoms with Gasteiger partial charge in [0.25, 0.3) is 5.91 Å². The molecule has 5 nitrogen and oxygen atoms in total. The summed E-state index contributed by atoms with van der Waals surface area (Å²) in [6.45, 7) is 2.13. The number of anilines is 1. The molecule has 0 fully saturated rings. The van der Waals surface area contributed by atoms with Crippen LogP contribution in [0.25, 0.3) is 0 Å². The maximum absolute atomic E-state index is 12.9. The van der Waals surface area contributed by atoms with Gasteiger partial charge in [0.05, 0.1) is 6.54 Å². The summed E-state index contributed by atoms with van der Waals surface area (Å²) in [5.74, 6) is 0.298. The number of hydrogen-bond donors (Lipinski definition) is 2. The summed E-state index contributed by atoms with van der Waals surface area (Å²) in [4.78, 5) is 18.2. The molecule has 1 aliphatic rings. The minimum absolute atomic E-state index is 0.137. The van der Waals surface area contributed by atoms with E-state index >= 15 is 0 Å². The molecule has 124 valence electrons. The smallest absolute Gasteiger partial charge is 0.253 e. The highest BCUT2D eigenvalue weighted by Gasteiger charge is 2.12. The topological polar surface area (TPSA) is 56.7 Å². The second-order valence-corrected chi connectivity index (χ2v) is 5.65. The van der Waals surface area contributed by atoms with Gasteiger partial charge in [0, 0.05) is 31.4 Å². The number of nitrogens with zero attached hydrogens (tertiary/aromatic N) is 2. The van der Waals surface area contributed by atoms with Crippen LogP contribution in [0, 0.1) is 5.82 Å². The molecule has 24 heavy (non-hydrogen) atoms. The van der Waals surface area contributed by atoms with Crippen molar-refractivity contribution >= 4 is 17.6 Å². The van der Waals surface area contributed by atoms with Crippen molar-refractivity contribution in [2.75, 3.05) is 25.5 Å². The quantitative estimate of drug-likeness (QED) is 0.907. The van der Waals surface area contributed by atoms with Gasteiger partial charge in [0.1, 0.15) is 5.82 Å². The molecule has 0 spiro atoms. The molecule has 0 atom stereocenters. The molecule has 0 unspecified atom stereocenters. The number of amides is 1. The van der Waals surface area contributed by atoms with Crippen LogP contribution < -0.4 is 10.6 Å². The fourth-order valence-corrected chi connectivity index (χ4v) is 2.47. The molecule has 0 radical (unpaired) electrons. The van der Waals surface area contributed by atoms with E-state index in [0.717, 1.165) is 30.3 Å². The average Bonchev–Trinajstić information content (AvgIpc) is 3.09. The number of carbonyl (C=O) groups excluding carboxylic acids is 1. The number of carbonyl (C=O) groups is 1. The largest absolute Gasteiger partial charge is 0.354 e. The van der Waals surface area contributed by atoms with Crippen LogP contribution in [0.1, 0.15) is 15.9 Å². The minimum atomic E-state index is -0.348. The Balaban J connectivity index is 1.60. The zero-order valence-electron chi connectivity index (χ0n) is 13.4. The van der Waals surface area contributed by atoms with Crippen molar-refractivity contribution in [3.8, 4) is 0 Å². The first-order valence-corrected chi connectivity index (χ1v) is 7.77. The van der Waals surface area contributed by atoms with Gasteiger partial charge >= 0.3 is 0 Å². The monoisotopic (exact) mass is 326 g/mol. The van der Waals surface area contributed by atoms with Crippen LogP contribution in [0.4, 0.5) is 10.1 Å². The van der Waals surface area contributed by atoms with E-state index in [9.17, 15) is 9.18 Å². The fourth-order valence-electron chi connectivity index (χ4n) is 2.47. The van der Waals surface area contributed by atoms with Crippen molar-refractivity contribution in [2.24, 2.45) is 4.99 Å². The zero-order chi connectivity index (χ0) is 16.9. The Morgan fingerprint density at radius 3 is 2.54 bits per heavy atom. The first-order chi connectivity index (χ1) is 11.6. The molecule has 3 rings (SSSR count). The van der Waals surface area contributed by atoms with Gasteiger partial charge in [-0.15, -0.1) is 0 Å². The van der Waals surface area contributed by atoms with Crippen LogP contribution >= 0.6 is 0 Å². The summed E-state index contributed by atoms with van der Waals surface area (Å²) in [5.41, 5.74) is 2.43. The third-order valence-electron chi connectivity index (χ3n) is 3.75. The number of benzene rings is 2. The van der Waals surface area contributed by atoms with Crippen molar-refractivity contribution < 1.29 is 9.18 Å². The molecule has 1 heterocycles. The van der Waals surface area contributed by atoms with Gasteiger partial charge in [-0.2, -0.15) is 0 Å². The van der Waals surface area contributed by atoms with E-state index in [1.165, 1.54) is 24.3 Å². The maximum Gasteiger partial charge on any atom is 0.253 e. The predicted octanol–water partition coefficient (Wildman–Crippen LogP) is 2.47. The predicted molar refractivity (Wildman–Crippen MR) is 92.6 cm³/mol. The van der Waals surface area contributed by atoms with Crippen LogP contribution in [0.5, 0.6) is 0 Å². The van der Waals surface area contributed by atoms with Crippen LogP contribution in [0.15, 0.2) is 53.5 Å². The van der Waals surface area contributed by atoms with Crippen molar-refractivity contribution in [3.63, 3.8) is 0 Å². The lowest BCUT2D eigenvalue weighted by Gasteiger charge is -2.17. The van der Waals surface area contributed by atoms with Gasteiger partial charge in [-0.05, 0) is 42.0 Å². The van der Waals surface area contributed by atoms with E-state index in [4.69, 9.17) is 0 Å². The van der Waals surface area contributed by atoms with Gasteiger partial charge < -0.3 is 15.5 Å². The normalized spacial score (nSPS) is 13.2. The molecule has 2 N–H and O–H groups in total. The first-order valence-electron chi connectivity index (χ1n) is 7.77. The van der Waals surface area contributed by atoms with Crippen molar-refractivity contribution in [2.45, 2.75) is 6.54 Å². The summed E-state index contributed by atoms with van der Waals surface area (Å²) in [7, 11) is 1.73. The highest BCUT2D eigenvalue weighted by atomic mass is 19.1. The number of guanidine groups is 1. The molecule has 6 heteroatoms. The van der Waals surface area contributed by atoms with E-state index < -0.39 is 0 Å². The summed E-state index contributed by atoms with van der Waals surface area (Å²) in [6.07, 6.45) is 0. The lowest BCUT2D eigenvalue weighted by molar-refractivity contribution is 0.0785. The standard InChI is InChI=1S/C18H19FN4O/c1-23(17(24)14-4-6-15(19)7-5-14)12-13-2-8-16(9-3-13)22-18-20-10-11-21-18/h2-9H,10-12H2,1H3,(H2,20,21,22). The Morgan fingerprint density at radius 1 is 1.21 bits per heavy atom. The number of hydrogen-bond acceptors (Lipinski definition) is 4. The molecule has 2 aromatic rings. The highest BCUT2D eigenvalue weighted by molar-refractivity contribution is 5.95. The second kappa shape index (κ2) is 7.12. The van der Waals surface area contributed by atoms with Crippen LogP contribution in [0.2, 0.25) is 0 Å². The summed E-state index contributed by atoms with van der Waals surface area (Å²) in [6, 6.07) is 13.4. The van der Waals surface area contributed by atoms with E-state index in [2.05, 4.69) is 15.6 Å². The lowest BCUT2D eigenvalue weighted by Crippen LogP contribution is -2.26. The molecule has 2 aromatic carbocycles. The maximum atomic E-state index is 12.9. The molecule has 0 saturated carbocycles. The third kappa shape index (κ3) is 3.90. The number of halogens is 1. The van der Waals surface area contributed by atoms with E-state index in [-0.39, 0.29) is 11.7 Å². The first kappa shape index (κ1) is 16.0. The fraction of sp³-hybridized carbons (Fsp3) is 0.222. The summed E-state index contributed by atoms with van der Waals surface area (Å²) >= 11 is 0. The van der Waals surface area contributed by atoms with Crippen LogP contribution in [0.3, 0.4) is 0 Å². The van der Waals surface area contributed by atoms with Crippen molar-refractivity contribution in [1.29, 1.82) is 0 Å². The Morgan fingerprint density at radius 2 is 1.92 bits per heavy atom. The van der Waals surface area contributed by atoms with E-state index in [1.54, 1.807) is 11.9 Å². The van der Waals surface area contributed by atoms with E-state index in [0.29, 0.717) is 12.1 Å². The highest BCUT2D eigenvalue weighted by Crippen LogP contribution is 2.13. The molecule has 0 saturated heterocycles. The minimum Gasteiger partial charge on any atom is -0.354 e. The molecule has 1 aliphatic heterocycles. The molecule has 1 amide bonds.